The van der Waals surface area contributed by atoms with Crippen LogP contribution in [0.5, 0.6) is 0 Å². The Morgan fingerprint density at radius 2 is 2.00 bits per heavy atom. The van der Waals surface area contributed by atoms with Crippen molar-refractivity contribution in [3.8, 4) is 0 Å². The number of carbonyl (C=O) groups excluding carboxylic acids is 1. The van der Waals surface area contributed by atoms with Gasteiger partial charge < -0.3 is 11.1 Å². The van der Waals surface area contributed by atoms with Gasteiger partial charge >= 0.3 is 0 Å². The summed E-state index contributed by atoms with van der Waals surface area (Å²) in [6, 6.07) is 14.4. The van der Waals surface area contributed by atoms with Gasteiger partial charge in [0.05, 0.1) is 0 Å². The Kier molecular flexibility index (Phi) is 5.83. The summed E-state index contributed by atoms with van der Waals surface area (Å²) in [6.45, 7) is 2.02. The number of carbonyl (C=O) groups is 1. The molecule has 0 radical (unpaired) electrons. The normalized spacial score (nSPS) is 10.6. The second-order valence-corrected chi connectivity index (χ2v) is 7.27. The fraction of sp³-hybridized carbons (Fsp3) is 0.105. The van der Waals surface area contributed by atoms with Crippen molar-refractivity contribution < 1.29 is 4.79 Å². The summed E-state index contributed by atoms with van der Waals surface area (Å²) in [6.07, 6.45) is 0. The number of aromatic amines is 1. The number of nitrogen functional groups attached to an aromatic ring is 1. The number of anilines is 2. The number of nitrogens with zero attached hydrogens (tertiary/aromatic N) is 1. The molecule has 1 amide bonds. The van der Waals surface area contributed by atoms with Crippen LogP contribution in [-0.2, 0) is 5.75 Å². The van der Waals surface area contributed by atoms with Crippen LogP contribution in [0.2, 0.25) is 5.02 Å². The maximum atomic E-state index is 12.3. The van der Waals surface area contributed by atoms with Gasteiger partial charge in [-0.15, -0.1) is 0 Å². The van der Waals surface area contributed by atoms with Crippen LogP contribution in [0.3, 0.4) is 0 Å². The minimum atomic E-state index is -0.503. The topological polar surface area (TPSA) is 101 Å². The molecule has 0 fully saturated rings. The highest BCUT2D eigenvalue weighted by Crippen LogP contribution is 2.22. The lowest BCUT2D eigenvalue weighted by atomic mass is 10.2. The lowest BCUT2D eigenvalue weighted by Gasteiger charge is -2.09. The van der Waals surface area contributed by atoms with Crippen molar-refractivity contribution in [2.24, 2.45) is 0 Å². The molecule has 3 aromatic rings. The molecule has 0 bridgehead atoms. The van der Waals surface area contributed by atoms with E-state index < -0.39 is 11.5 Å². The van der Waals surface area contributed by atoms with Gasteiger partial charge in [-0.05, 0) is 36.8 Å². The molecule has 6 nitrogen and oxygen atoms in total. The molecule has 3 rings (SSSR count). The number of amides is 1. The first-order valence-electron chi connectivity index (χ1n) is 8.07. The first-order valence-corrected chi connectivity index (χ1v) is 9.44. The summed E-state index contributed by atoms with van der Waals surface area (Å²) in [5, 5.41) is 3.41. The van der Waals surface area contributed by atoms with Gasteiger partial charge in [0.25, 0.3) is 11.5 Å². The van der Waals surface area contributed by atoms with Crippen LogP contribution in [0.25, 0.3) is 0 Å². The van der Waals surface area contributed by atoms with Crippen LogP contribution < -0.4 is 16.6 Å². The average Bonchev–Trinajstić information content (AvgIpc) is 2.63. The number of thioether (sulfide) groups is 1. The number of halogens is 1. The number of benzene rings is 2. The molecule has 2 aromatic carbocycles. The molecule has 0 unspecified atom stereocenters. The van der Waals surface area contributed by atoms with E-state index in [1.54, 1.807) is 24.3 Å². The van der Waals surface area contributed by atoms with Crippen molar-refractivity contribution in [2.45, 2.75) is 17.8 Å². The van der Waals surface area contributed by atoms with Gasteiger partial charge in [-0.2, -0.15) is 0 Å². The Labute approximate surface area is 165 Å². The van der Waals surface area contributed by atoms with Gasteiger partial charge in [0, 0.05) is 16.3 Å². The number of H-pyrrole nitrogens is 1. The Hall–Kier alpha value is -2.77. The molecule has 27 heavy (non-hydrogen) atoms. The molecule has 0 atom stereocenters. The van der Waals surface area contributed by atoms with E-state index in [4.69, 9.17) is 17.3 Å². The number of hydrogen-bond donors (Lipinski definition) is 3. The van der Waals surface area contributed by atoms with Crippen molar-refractivity contribution in [3.05, 3.63) is 80.6 Å². The highest BCUT2D eigenvalue weighted by Gasteiger charge is 2.14. The zero-order valence-corrected chi connectivity index (χ0v) is 16.0. The van der Waals surface area contributed by atoms with E-state index in [0.717, 1.165) is 11.1 Å². The van der Waals surface area contributed by atoms with Crippen LogP contribution in [-0.4, -0.2) is 15.9 Å². The molecular formula is C19H17ClN4O2S. The fourth-order valence-corrected chi connectivity index (χ4v) is 3.34. The Bertz CT molecular complexity index is 1030. The Balaban J connectivity index is 1.73. The maximum Gasteiger partial charge on any atom is 0.277 e. The number of rotatable bonds is 5. The van der Waals surface area contributed by atoms with Gasteiger partial charge in [-0.3, -0.25) is 14.6 Å². The predicted octanol–water partition coefficient (Wildman–Crippen LogP) is 3.86. The smallest absolute Gasteiger partial charge is 0.277 e. The second-order valence-electron chi connectivity index (χ2n) is 5.87. The first kappa shape index (κ1) is 19.0. The number of hydrogen-bond acceptors (Lipinski definition) is 5. The quantitative estimate of drug-likeness (QED) is 0.446. The molecule has 1 heterocycles. The Morgan fingerprint density at radius 1 is 1.26 bits per heavy atom. The molecule has 0 aliphatic heterocycles. The van der Waals surface area contributed by atoms with Crippen LogP contribution in [0.4, 0.5) is 11.5 Å². The molecule has 0 aliphatic rings. The van der Waals surface area contributed by atoms with Crippen molar-refractivity contribution in [1.82, 2.24) is 9.97 Å². The molecule has 1 aromatic heterocycles. The maximum absolute atomic E-state index is 12.3. The minimum Gasteiger partial charge on any atom is -0.382 e. The summed E-state index contributed by atoms with van der Waals surface area (Å²) < 4.78 is 0. The highest BCUT2D eigenvalue weighted by molar-refractivity contribution is 7.98. The van der Waals surface area contributed by atoms with Crippen molar-refractivity contribution >= 4 is 40.8 Å². The van der Waals surface area contributed by atoms with Crippen LogP contribution in [0.1, 0.15) is 21.5 Å². The Morgan fingerprint density at radius 3 is 2.67 bits per heavy atom. The molecule has 0 aliphatic carbocycles. The van der Waals surface area contributed by atoms with Crippen LogP contribution >= 0.6 is 23.4 Å². The summed E-state index contributed by atoms with van der Waals surface area (Å²) in [5.74, 6) is 0.138. The van der Waals surface area contributed by atoms with E-state index in [0.29, 0.717) is 21.5 Å². The van der Waals surface area contributed by atoms with Crippen LogP contribution in [0.15, 0.2) is 58.5 Å². The average molecular weight is 401 g/mol. The second kappa shape index (κ2) is 8.28. The van der Waals surface area contributed by atoms with Crippen molar-refractivity contribution in [2.75, 3.05) is 11.1 Å². The number of nitrogens with one attached hydrogen (secondary N) is 2. The molecule has 0 saturated heterocycles. The van der Waals surface area contributed by atoms with Crippen LogP contribution in [0, 0.1) is 6.92 Å². The third-order valence-electron chi connectivity index (χ3n) is 3.73. The van der Waals surface area contributed by atoms with E-state index >= 15 is 0 Å². The van der Waals surface area contributed by atoms with Crippen molar-refractivity contribution in [3.63, 3.8) is 0 Å². The number of aryl methyl sites for hydroxylation is 1. The number of aromatic nitrogens is 2. The fourth-order valence-electron chi connectivity index (χ4n) is 2.40. The van der Waals surface area contributed by atoms with Gasteiger partial charge in [-0.1, -0.05) is 53.2 Å². The standard InChI is InChI=1S/C19H17ClN4O2S/c1-11-3-2-4-12(9-11)10-27-19-23-16(21)15(18(26)24-19)22-17(25)13-5-7-14(20)8-6-13/h2-9H,10H2,1H3,(H,22,25)(H3,21,23,24,26). The summed E-state index contributed by atoms with van der Waals surface area (Å²) in [4.78, 5) is 31.4. The predicted molar refractivity (Wildman–Crippen MR) is 109 cm³/mol. The van der Waals surface area contributed by atoms with Gasteiger partial charge in [0.2, 0.25) is 0 Å². The zero-order valence-electron chi connectivity index (χ0n) is 14.5. The SMILES string of the molecule is Cc1cccc(CSc2nc(N)c(NC(=O)c3ccc(Cl)cc3)c(=O)[nH]2)c1. The van der Waals surface area contributed by atoms with E-state index in [-0.39, 0.29) is 11.5 Å². The van der Waals surface area contributed by atoms with Gasteiger partial charge in [-0.25, -0.2) is 4.98 Å². The summed E-state index contributed by atoms with van der Waals surface area (Å²) in [7, 11) is 0. The highest BCUT2D eigenvalue weighted by atomic mass is 35.5. The monoisotopic (exact) mass is 400 g/mol. The third-order valence-corrected chi connectivity index (χ3v) is 4.93. The third kappa shape index (κ3) is 4.90. The largest absolute Gasteiger partial charge is 0.382 e. The molecule has 138 valence electrons. The number of nitrogens with two attached hydrogens (primary N) is 1. The molecule has 8 heteroatoms. The lowest BCUT2D eigenvalue weighted by Crippen LogP contribution is -2.23. The molecule has 0 spiro atoms. The van der Waals surface area contributed by atoms with Gasteiger partial charge in [0.15, 0.2) is 11.0 Å². The first-order chi connectivity index (χ1) is 12.9. The molecule has 0 saturated carbocycles. The van der Waals surface area contributed by atoms with E-state index in [9.17, 15) is 9.59 Å². The summed E-state index contributed by atoms with van der Waals surface area (Å²) >= 11 is 7.17. The zero-order chi connectivity index (χ0) is 19.4. The van der Waals surface area contributed by atoms with E-state index in [2.05, 4.69) is 21.4 Å². The van der Waals surface area contributed by atoms with E-state index in [1.807, 2.05) is 25.1 Å². The lowest BCUT2D eigenvalue weighted by molar-refractivity contribution is 0.102. The van der Waals surface area contributed by atoms with E-state index in [1.165, 1.54) is 11.8 Å². The molecular weight excluding hydrogens is 384 g/mol. The van der Waals surface area contributed by atoms with Crippen molar-refractivity contribution in [1.29, 1.82) is 0 Å². The summed E-state index contributed by atoms with van der Waals surface area (Å²) in [5.41, 5.74) is 7.94. The van der Waals surface area contributed by atoms with Gasteiger partial charge in [0.1, 0.15) is 5.69 Å². The molecule has 4 N–H and O–H groups in total. The minimum absolute atomic E-state index is 0.0344.